The number of carbonyl (C=O) groups is 1. The number of benzene rings is 2. The van der Waals surface area contributed by atoms with E-state index in [1.807, 2.05) is 43.5 Å². The van der Waals surface area contributed by atoms with Crippen LogP contribution in [-0.4, -0.2) is 33.8 Å². The van der Waals surface area contributed by atoms with E-state index in [9.17, 15) is 9.90 Å². The van der Waals surface area contributed by atoms with Crippen LogP contribution in [0, 0.1) is 6.92 Å². The van der Waals surface area contributed by atoms with Crippen LogP contribution in [0.15, 0.2) is 47.0 Å². The topological polar surface area (TPSA) is 86.7 Å². The number of hydrogen-bond acceptors (Lipinski definition) is 5. The van der Waals surface area contributed by atoms with Crippen LogP contribution in [0.4, 0.5) is 0 Å². The Hall–Kier alpha value is -3.74. The van der Waals surface area contributed by atoms with Gasteiger partial charge in [0.15, 0.2) is 0 Å². The fourth-order valence-electron chi connectivity index (χ4n) is 5.16. The number of oxazole rings is 1. The van der Waals surface area contributed by atoms with Gasteiger partial charge in [-0.25, -0.2) is 9.78 Å². The molecule has 5 rings (SSSR count). The van der Waals surface area contributed by atoms with Gasteiger partial charge in [-0.3, -0.25) is 0 Å². The first-order chi connectivity index (χ1) is 18.4. The molecule has 0 saturated carbocycles. The summed E-state index contributed by atoms with van der Waals surface area (Å²) >= 11 is 0. The van der Waals surface area contributed by atoms with E-state index >= 15 is 0 Å². The Bertz CT molecular complexity index is 1410. The summed E-state index contributed by atoms with van der Waals surface area (Å²) in [6.45, 7) is 6.92. The molecule has 200 valence electrons. The quantitative estimate of drug-likeness (QED) is 0.218. The summed E-state index contributed by atoms with van der Waals surface area (Å²) in [7, 11) is 0. The van der Waals surface area contributed by atoms with E-state index in [1.165, 1.54) is 18.4 Å². The molecule has 4 aromatic rings. The van der Waals surface area contributed by atoms with Crippen molar-refractivity contribution in [3.63, 3.8) is 0 Å². The molecule has 2 aromatic heterocycles. The van der Waals surface area contributed by atoms with Gasteiger partial charge in [-0.05, 0) is 87.1 Å². The average molecular weight is 517 g/mol. The predicted molar refractivity (Wildman–Crippen MR) is 147 cm³/mol. The van der Waals surface area contributed by atoms with Crippen molar-refractivity contribution in [2.24, 2.45) is 0 Å². The highest BCUT2D eigenvalue weighted by molar-refractivity contribution is 5.87. The van der Waals surface area contributed by atoms with Crippen molar-refractivity contribution < 1.29 is 23.8 Å². The number of carboxylic acids is 1. The van der Waals surface area contributed by atoms with E-state index in [-0.39, 0.29) is 0 Å². The Morgan fingerprint density at radius 2 is 1.95 bits per heavy atom. The molecular weight excluding hydrogens is 480 g/mol. The third-order valence-corrected chi connectivity index (χ3v) is 7.27. The lowest BCUT2D eigenvalue weighted by Crippen LogP contribution is -2.14. The number of ether oxygens (including phenoxy) is 2. The normalized spacial score (nSPS) is 13.9. The van der Waals surface area contributed by atoms with Crippen LogP contribution in [-0.2, 0) is 24.1 Å². The molecular formula is C31H36N2O5. The first-order valence-corrected chi connectivity index (χ1v) is 13.7. The summed E-state index contributed by atoms with van der Waals surface area (Å²) in [5, 5.41) is 10.4. The van der Waals surface area contributed by atoms with Crippen LogP contribution >= 0.6 is 0 Å². The molecule has 0 spiro atoms. The van der Waals surface area contributed by atoms with Crippen molar-refractivity contribution in [1.82, 2.24) is 9.55 Å². The second-order valence-corrected chi connectivity index (χ2v) is 10.1. The van der Waals surface area contributed by atoms with Gasteiger partial charge in [-0.15, -0.1) is 0 Å². The van der Waals surface area contributed by atoms with Crippen LogP contribution in [0.5, 0.6) is 11.5 Å². The van der Waals surface area contributed by atoms with E-state index in [1.54, 1.807) is 11.5 Å². The first-order valence-electron chi connectivity index (χ1n) is 13.7. The van der Waals surface area contributed by atoms with Gasteiger partial charge in [0.05, 0.1) is 18.9 Å². The van der Waals surface area contributed by atoms with Crippen LogP contribution in [0.3, 0.4) is 0 Å². The molecule has 1 aliphatic carbocycles. The second-order valence-electron chi connectivity index (χ2n) is 10.1. The Kier molecular flexibility index (Phi) is 7.72. The number of nitrogens with zero attached hydrogens (tertiary/aromatic N) is 2. The molecule has 1 atom stereocenters. The van der Waals surface area contributed by atoms with Gasteiger partial charge < -0.3 is 23.6 Å². The van der Waals surface area contributed by atoms with Crippen molar-refractivity contribution in [3.05, 3.63) is 65.2 Å². The number of aliphatic carboxylic acids is 1. The molecule has 0 saturated heterocycles. The van der Waals surface area contributed by atoms with Crippen LogP contribution in [0.25, 0.3) is 22.4 Å². The molecule has 7 nitrogen and oxygen atoms in total. The highest BCUT2D eigenvalue weighted by Crippen LogP contribution is 2.32. The Morgan fingerprint density at radius 3 is 2.74 bits per heavy atom. The summed E-state index contributed by atoms with van der Waals surface area (Å²) in [5.41, 5.74) is 5.22. The van der Waals surface area contributed by atoms with E-state index in [0.29, 0.717) is 19.1 Å². The molecule has 1 aliphatic rings. The zero-order chi connectivity index (χ0) is 26.6. The van der Waals surface area contributed by atoms with Gasteiger partial charge in [0.1, 0.15) is 23.3 Å². The van der Waals surface area contributed by atoms with Gasteiger partial charge in [-0.2, -0.15) is 0 Å². The maximum absolute atomic E-state index is 11.4. The van der Waals surface area contributed by atoms with Crippen LogP contribution in [0.2, 0.25) is 0 Å². The molecule has 0 bridgehead atoms. The number of hydrogen-bond donors (Lipinski definition) is 1. The third-order valence-electron chi connectivity index (χ3n) is 7.27. The number of carboxylic acid groups (broad SMARTS) is 1. The molecule has 0 aliphatic heterocycles. The minimum atomic E-state index is -0.852. The number of aryl methyl sites for hydroxylation is 4. The third kappa shape index (κ3) is 5.42. The molecule has 0 fully saturated rings. The minimum Gasteiger partial charge on any atom is -0.493 e. The standard InChI is InChI=1S/C31H36N2O5/c1-4-8-22-17-23(30-32-26-9-5-6-10-29(26)38-30)11-14-28(22)37-16-7-15-36-24-12-13-27-25(18-24)20(2)19-33(27)21(3)31(34)35/h11-14,17-19,21H,4-10,15-16H2,1-3H3,(H,34,35). The lowest BCUT2D eigenvalue weighted by atomic mass is 10.0. The van der Waals surface area contributed by atoms with Crippen molar-refractivity contribution in [2.75, 3.05) is 13.2 Å². The van der Waals surface area contributed by atoms with Crippen molar-refractivity contribution in [3.8, 4) is 23.0 Å². The molecule has 1 unspecified atom stereocenters. The van der Waals surface area contributed by atoms with Crippen LogP contribution < -0.4 is 9.47 Å². The van der Waals surface area contributed by atoms with Crippen LogP contribution in [0.1, 0.15) is 68.2 Å². The van der Waals surface area contributed by atoms with Crippen molar-refractivity contribution in [2.45, 2.75) is 71.8 Å². The molecule has 7 heteroatoms. The largest absolute Gasteiger partial charge is 0.493 e. The van der Waals surface area contributed by atoms with Crippen molar-refractivity contribution >= 4 is 16.9 Å². The summed E-state index contributed by atoms with van der Waals surface area (Å²) in [5.74, 6) is 2.58. The van der Waals surface area contributed by atoms with Crippen molar-refractivity contribution in [1.29, 1.82) is 0 Å². The number of rotatable bonds is 11. The molecule has 2 aromatic carbocycles. The fourth-order valence-corrected chi connectivity index (χ4v) is 5.16. The van der Waals surface area contributed by atoms with E-state index in [2.05, 4.69) is 13.0 Å². The Morgan fingerprint density at radius 1 is 1.13 bits per heavy atom. The second kappa shape index (κ2) is 11.3. The van der Waals surface area contributed by atoms with E-state index < -0.39 is 12.0 Å². The number of fused-ring (bicyclic) bond motifs is 2. The van der Waals surface area contributed by atoms with E-state index in [0.717, 1.165) is 77.1 Å². The predicted octanol–water partition coefficient (Wildman–Crippen LogP) is 6.93. The summed E-state index contributed by atoms with van der Waals surface area (Å²) < 4.78 is 20.0. The molecule has 0 amide bonds. The maximum atomic E-state index is 11.4. The monoisotopic (exact) mass is 516 g/mol. The lowest BCUT2D eigenvalue weighted by molar-refractivity contribution is -0.140. The highest BCUT2D eigenvalue weighted by atomic mass is 16.5. The summed E-state index contributed by atoms with van der Waals surface area (Å²) in [6, 6.07) is 11.4. The molecule has 0 radical (unpaired) electrons. The fraction of sp³-hybridized carbons (Fsp3) is 0.419. The van der Waals surface area contributed by atoms with Gasteiger partial charge >= 0.3 is 5.97 Å². The molecule has 38 heavy (non-hydrogen) atoms. The van der Waals surface area contributed by atoms with Gasteiger partial charge in [0, 0.05) is 35.5 Å². The first kappa shape index (κ1) is 25.9. The maximum Gasteiger partial charge on any atom is 0.326 e. The number of aromatic nitrogens is 2. The smallest absolute Gasteiger partial charge is 0.326 e. The average Bonchev–Trinajstić information content (AvgIpc) is 3.50. The molecule has 1 N–H and O–H groups in total. The SMILES string of the molecule is CCCc1cc(-c2nc3c(o2)CCCC3)ccc1OCCCOc1ccc2c(c1)c(C)cn2C(C)C(=O)O. The summed E-state index contributed by atoms with van der Waals surface area (Å²) in [6.07, 6.45) is 8.94. The Balaban J connectivity index is 1.18. The highest BCUT2D eigenvalue weighted by Gasteiger charge is 2.19. The van der Waals surface area contributed by atoms with Gasteiger partial charge in [0.25, 0.3) is 0 Å². The van der Waals surface area contributed by atoms with Gasteiger partial charge in [-0.1, -0.05) is 13.3 Å². The van der Waals surface area contributed by atoms with E-state index in [4.69, 9.17) is 18.9 Å². The minimum absolute atomic E-state index is 0.528. The van der Waals surface area contributed by atoms with Gasteiger partial charge in [0.2, 0.25) is 5.89 Å². The Labute approximate surface area is 223 Å². The zero-order valence-electron chi connectivity index (χ0n) is 22.5. The zero-order valence-corrected chi connectivity index (χ0v) is 22.5. The summed E-state index contributed by atoms with van der Waals surface area (Å²) in [4.78, 5) is 16.2. The molecule has 2 heterocycles. The lowest BCUT2D eigenvalue weighted by Gasteiger charge is -2.13.